The lowest BCUT2D eigenvalue weighted by Gasteiger charge is -2.08. The first-order valence-electron chi connectivity index (χ1n) is 6.88. The van der Waals surface area contributed by atoms with Crippen LogP contribution in [0, 0.1) is 0 Å². The van der Waals surface area contributed by atoms with Gasteiger partial charge >= 0.3 is 11.9 Å². The van der Waals surface area contributed by atoms with E-state index < -0.39 is 11.9 Å². The normalized spacial score (nSPS) is 9.62. The summed E-state index contributed by atoms with van der Waals surface area (Å²) in [6.45, 7) is 7.47. The van der Waals surface area contributed by atoms with Gasteiger partial charge in [-0.15, -0.1) is 6.58 Å². The largest absolute Gasteiger partial charge is 0.462 e. The van der Waals surface area contributed by atoms with Crippen molar-refractivity contribution in [1.82, 2.24) is 0 Å². The molecule has 0 unspecified atom stereocenters. The number of hydrogen-bond donors (Lipinski definition) is 0. The fourth-order valence-electron chi connectivity index (χ4n) is 1.79. The van der Waals surface area contributed by atoms with Gasteiger partial charge in [-0.1, -0.05) is 30.3 Å². The first kappa shape index (κ1) is 16.7. The molecule has 0 aliphatic rings. The van der Waals surface area contributed by atoms with Gasteiger partial charge in [-0.2, -0.15) is 0 Å². The highest BCUT2D eigenvalue weighted by atomic mass is 16.6. The number of rotatable bonds is 7. The van der Waals surface area contributed by atoms with E-state index in [2.05, 4.69) is 6.58 Å². The van der Waals surface area contributed by atoms with Crippen molar-refractivity contribution in [2.45, 2.75) is 20.3 Å². The summed E-state index contributed by atoms with van der Waals surface area (Å²) in [5.41, 5.74) is 1.64. The third kappa shape index (κ3) is 4.91. The van der Waals surface area contributed by atoms with E-state index in [1.165, 1.54) is 6.08 Å². The summed E-state index contributed by atoms with van der Waals surface area (Å²) < 4.78 is 9.83. The molecule has 0 bridgehead atoms. The van der Waals surface area contributed by atoms with Crippen LogP contribution in [0.3, 0.4) is 0 Å². The van der Waals surface area contributed by atoms with E-state index >= 15 is 0 Å². The maximum absolute atomic E-state index is 11.9. The molecule has 21 heavy (non-hydrogen) atoms. The molecular formula is C17H20O4. The molecule has 4 heteroatoms. The second-order valence-corrected chi connectivity index (χ2v) is 4.19. The van der Waals surface area contributed by atoms with E-state index in [-0.39, 0.29) is 18.8 Å². The first-order valence-corrected chi connectivity index (χ1v) is 6.88. The molecule has 4 nitrogen and oxygen atoms in total. The summed E-state index contributed by atoms with van der Waals surface area (Å²) in [5, 5.41) is 0. The summed E-state index contributed by atoms with van der Waals surface area (Å²) in [6, 6.07) is 7.48. The quantitative estimate of drug-likeness (QED) is 0.254. The summed E-state index contributed by atoms with van der Waals surface area (Å²) in [6.07, 6.45) is 3.92. The molecule has 0 saturated heterocycles. The lowest BCUT2D eigenvalue weighted by molar-refractivity contribution is -0.146. The van der Waals surface area contributed by atoms with Gasteiger partial charge in [-0.25, -0.2) is 9.59 Å². The van der Waals surface area contributed by atoms with Gasteiger partial charge in [0.05, 0.1) is 13.2 Å². The molecule has 0 aromatic heterocycles. The van der Waals surface area contributed by atoms with Crippen LogP contribution in [0.15, 0.2) is 42.5 Å². The zero-order valence-corrected chi connectivity index (χ0v) is 12.4. The van der Waals surface area contributed by atoms with Crippen LogP contribution in [0.5, 0.6) is 0 Å². The van der Waals surface area contributed by atoms with Gasteiger partial charge in [0.25, 0.3) is 0 Å². The molecule has 0 fully saturated rings. The lowest BCUT2D eigenvalue weighted by Crippen LogP contribution is -2.18. The highest BCUT2D eigenvalue weighted by molar-refractivity contribution is 6.17. The maximum atomic E-state index is 11.9. The van der Waals surface area contributed by atoms with E-state index in [0.29, 0.717) is 6.42 Å². The number of carbonyl (C=O) groups excluding carboxylic acids is 2. The van der Waals surface area contributed by atoms with Gasteiger partial charge in [0, 0.05) is 0 Å². The monoisotopic (exact) mass is 288 g/mol. The average molecular weight is 288 g/mol. The molecule has 1 rings (SSSR count). The molecule has 0 amide bonds. The number of esters is 2. The minimum atomic E-state index is -0.677. The smallest absolute Gasteiger partial charge is 0.345 e. The Labute approximate surface area is 125 Å². The summed E-state index contributed by atoms with van der Waals surface area (Å²) in [5.74, 6) is -1.35. The van der Waals surface area contributed by atoms with Crippen molar-refractivity contribution in [3.8, 4) is 0 Å². The van der Waals surface area contributed by atoms with E-state index in [4.69, 9.17) is 9.47 Å². The molecular weight excluding hydrogens is 268 g/mol. The molecule has 112 valence electrons. The Morgan fingerprint density at radius 2 is 1.67 bits per heavy atom. The standard InChI is InChI=1S/C17H20O4/c1-4-9-13-10-7-8-11-14(13)12-15(16(18)20-5-2)17(19)21-6-3/h4,7-8,10-12H,1,5-6,9H2,2-3H3. The fourth-order valence-corrected chi connectivity index (χ4v) is 1.79. The SMILES string of the molecule is C=CCc1ccccc1C=C(C(=O)OCC)C(=O)OCC. The second kappa shape index (κ2) is 8.74. The van der Waals surface area contributed by atoms with Crippen LogP contribution in [0.4, 0.5) is 0 Å². The molecule has 1 aromatic rings. The summed E-state index contributed by atoms with van der Waals surface area (Å²) in [4.78, 5) is 23.8. The van der Waals surface area contributed by atoms with Gasteiger partial charge in [-0.3, -0.25) is 0 Å². The van der Waals surface area contributed by atoms with Gasteiger partial charge in [0.15, 0.2) is 0 Å². The van der Waals surface area contributed by atoms with E-state index in [0.717, 1.165) is 11.1 Å². The third-order valence-corrected chi connectivity index (χ3v) is 2.71. The molecule has 1 aromatic carbocycles. The Bertz CT molecular complexity index is 523. The molecule has 0 aliphatic carbocycles. The Balaban J connectivity index is 3.21. The highest BCUT2D eigenvalue weighted by Gasteiger charge is 2.21. The maximum Gasteiger partial charge on any atom is 0.345 e. The topological polar surface area (TPSA) is 52.6 Å². The third-order valence-electron chi connectivity index (χ3n) is 2.71. The van der Waals surface area contributed by atoms with Crippen LogP contribution in [-0.2, 0) is 25.5 Å². The Hall–Kier alpha value is -2.36. The number of benzene rings is 1. The Morgan fingerprint density at radius 3 is 2.19 bits per heavy atom. The van der Waals surface area contributed by atoms with Crippen LogP contribution in [-0.4, -0.2) is 25.2 Å². The van der Waals surface area contributed by atoms with Crippen molar-refractivity contribution in [3.05, 3.63) is 53.6 Å². The van der Waals surface area contributed by atoms with Gasteiger partial charge in [0.2, 0.25) is 0 Å². The van der Waals surface area contributed by atoms with E-state index in [9.17, 15) is 9.59 Å². The highest BCUT2D eigenvalue weighted by Crippen LogP contribution is 2.16. The van der Waals surface area contributed by atoms with Crippen molar-refractivity contribution in [2.24, 2.45) is 0 Å². The van der Waals surface area contributed by atoms with Crippen LogP contribution in [0.1, 0.15) is 25.0 Å². The van der Waals surface area contributed by atoms with Crippen molar-refractivity contribution >= 4 is 18.0 Å². The predicted molar refractivity (Wildman–Crippen MR) is 81.6 cm³/mol. The van der Waals surface area contributed by atoms with Crippen LogP contribution in [0.2, 0.25) is 0 Å². The Kier molecular flexibility index (Phi) is 6.95. The van der Waals surface area contributed by atoms with E-state index in [1.54, 1.807) is 19.9 Å². The van der Waals surface area contributed by atoms with Gasteiger partial charge in [-0.05, 0) is 37.5 Å². The zero-order valence-electron chi connectivity index (χ0n) is 12.4. The molecule has 0 N–H and O–H groups in total. The molecule has 0 radical (unpaired) electrons. The number of carbonyl (C=O) groups is 2. The molecule has 0 spiro atoms. The molecule has 0 aliphatic heterocycles. The Morgan fingerprint density at radius 1 is 1.10 bits per heavy atom. The fraction of sp³-hybridized carbons (Fsp3) is 0.294. The lowest BCUT2D eigenvalue weighted by atomic mass is 10.0. The predicted octanol–water partition coefficient (Wildman–Crippen LogP) is 2.92. The van der Waals surface area contributed by atoms with E-state index in [1.807, 2.05) is 24.3 Å². The van der Waals surface area contributed by atoms with Gasteiger partial charge < -0.3 is 9.47 Å². The molecule has 0 atom stereocenters. The van der Waals surface area contributed by atoms with Crippen molar-refractivity contribution < 1.29 is 19.1 Å². The number of hydrogen-bond acceptors (Lipinski definition) is 4. The summed E-state index contributed by atoms with van der Waals surface area (Å²) >= 11 is 0. The molecule has 0 heterocycles. The van der Waals surface area contributed by atoms with Crippen LogP contribution < -0.4 is 0 Å². The molecule has 0 saturated carbocycles. The van der Waals surface area contributed by atoms with Gasteiger partial charge in [0.1, 0.15) is 5.57 Å². The van der Waals surface area contributed by atoms with Crippen LogP contribution >= 0.6 is 0 Å². The van der Waals surface area contributed by atoms with Crippen molar-refractivity contribution in [1.29, 1.82) is 0 Å². The zero-order chi connectivity index (χ0) is 15.7. The van der Waals surface area contributed by atoms with Crippen molar-refractivity contribution in [3.63, 3.8) is 0 Å². The minimum absolute atomic E-state index is 0.102. The van der Waals surface area contributed by atoms with Crippen LogP contribution in [0.25, 0.3) is 6.08 Å². The second-order valence-electron chi connectivity index (χ2n) is 4.19. The van der Waals surface area contributed by atoms with Crippen molar-refractivity contribution in [2.75, 3.05) is 13.2 Å². The number of ether oxygens (including phenoxy) is 2. The average Bonchev–Trinajstić information content (AvgIpc) is 2.47. The number of allylic oxidation sites excluding steroid dienone is 1. The minimum Gasteiger partial charge on any atom is -0.462 e. The first-order chi connectivity index (χ1) is 10.1. The summed E-state index contributed by atoms with van der Waals surface area (Å²) in [7, 11) is 0.